The zero-order valence-corrected chi connectivity index (χ0v) is 12.1. The topological polar surface area (TPSA) is 69.6 Å². The fourth-order valence-electron chi connectivity index (χ4n) is 1.72. The van der Waals surface area contributed by atoms with Crippen molar-refractivity contribution in [3.8, 4) is 11.4 Å². The fraction of sp³-hybridized carbons (Fsp3) is 0.462. The normalized spacial score (nSPS) is 12.9. The molecule has 0 fully saturated rings. The van der Waals surface area contributed by atoms with Crippen molar-refractivity contribution in [1.29, 1.82) is 0 Å². The molecule has 6 heteroatoms. The average molecular weight is 280 g/mol. The van der Waals surface area contributed by atoms with Crippen molar-refractivity contribution in [2.45, 2.75) is 27.3 Å². The molecule has 0 spiro atoms. The maximum Gasteiger partial charge on any atom is 0.183 e. The van der Waals surface area contributed by atoms with Gasteiger partial charge in [-0.05, 0) is 40.5 Å². The molecule has 102 valence electrons. The SMILES string of the molecule is CC(C)C(C)Cn1nnnc1-c1cc(N)ccc1Cl. The third-order valence-electron chi connectivity index (χ3n) is 3.36. The Labute approximate surface area is 117 Å². The summed E-state index contributed by atoms with van der Waals surface area (Å²) >= 11 is 6.19. The van der Waals surface area contributed by atoms with Gasteiger partial charge in [-0.2, -0.15) is 0 Å². The lowest BCUT2D eigenvalue weighted by atomic mass is 9.98. The summed E-state index contributed by atoms with van der Waals surface area (Å²) in [6.07, 6.45) is 0. The van der Waals surface area contributed by atoms with Gasteiger partial charge < -0.3 is 5.73 Å². The van der Waals surface area contributed by atoms with E-state index >= 15 is 0 Å². The van der Waals surface area contributed by atoms with Crippen LogP contribution in [0.25, 0.3) is 11.4 Å². The number of tetrazole rings is 1. The lowest BCUT2D eigenvalue weighted by Gasteiger charge is -2.16. The van der Waals surface area contributed by atoms with Crippen molar-refractivity contribution in [1.82, 2.24) is 20.2 Å². The van der Waals surface area contributed by atoms with Gasteiger partial charge in [-0.15, -0.1) is 5.10 Å². The van der Waals surface area contributed by atoms with E-state index in [0.717, 1.165) is 12.1 Å². The van der Waals surface area contributed by atoms with Crippen molar-refractivity contribution in [2.24, 2.45) is 11.8 Å². The molecule has 0 amide bonds. The van der Waals surface area contributed by atoms with Gasteiger partial charge in [-0.25, -0.2) is 4.68 Å². The van der Waals surface area contributed by atoms with Crippen LogP contribution in [0.3, 0.4) is 0 Å². The van der Waals surface area contributed by atoms with Crippen molar-refractivity contribution >= 4 is 17.3 Å². The van der Waals surface area contributed by atoms with Crippen LogP contribution in [0.2, 0.25) is 5.02 Å². The molecule has 2 aromatic rings. The molecular weight excluding hydrogens is 262 g/mol. The Kier molecular flexibility index (Phi) is 4.04. The molecule has 1 unspecified atom stereocenters. The number of hydrogen-bond acceptors (Lipinski definition) is 4. The third kappa shape index (κ3) is 3.04. The molecule has 0 saturated heterocycles. The van der Waals surface area contributed by atoms with E-state index in [4.69, 9.17) is 17.3 Å². The summed E-state index contributed by atoms with van der Waals surface area (Å²) in [6.45, 7) is 7.30. The van der Waals surface area contributed by atoms with Crippen LogP contribution < -0.4 is 5.73 Å². The number of nitrogen functional groups attached to an aromatic ring is 1. The Hall–Kier alpha value is -1.62. The number of anilines is 1. The number of halogens is 1. The second-order valence-electron chi connectivity index (χ2n) is 5.15. The molecule has 0 aliphatic carbocycles. The van der Waals surface area contributed by atoms with E-state index in [1.807, 2.05) is 0 Å². The average Bonchev–Trinajstić information content (AvgIpc) is 2.80. The van der Waals surface area contributed by atoms with Crippen molar-refractivity contribution in [3.63, 3.8) is 0 Å². The highest BCUT2D eigenvalue weighted by atomic mass is 35.5. The molecule has 0 aliphatic rings. The predicted molar refractivity (Wildman–Crippen MR) is 76.7 cm³/mol. The Morgan fingerprint density at radius 3 is 2.74 bits per heavy atom. The zero-order chi connectivity index (χ0) is 14.0. The predicted octanol–water partition coefficient (Wildman–Crippen LogP) is 2.87. The summed E-state index contributed by atoms with van der Waals surface area (Å²) in [7, 11) is 0. The highest BCUT2D eigenvalue weighted by Crippen LogP contribution is 2.28. The molecule has 2 rings (SSSR count). The van der Waals surface area contributed by atoms with Crippen LogP contribution in [0.4, 0.5) is 5.69 Å². The Morgan fingerprint density at radius 1 is 1.32 bits per heavy atom. The maximum absolute atomic E-state index is 6.19. The number of nitrogens with two attached hydrogens (primary N) is 1. The van der Waals surface area contributed by atoms with Gasteiger partial charge in [0.25, 0.3) is 0 Å². The van der Waals surface area contributed by atoms with Gasteiger partial charge in [0.05, 0.1) is 5.02 Å². The fourth-order valence-corrected chi connectivity index (χ4v) is 1.92. The van der Waals surface area contributed by atoms with E-state index in [1.54, 1.807) is 22.9 Å². The molecule has 1 atom stereocenters. The molecule has 1 heterocycles. The van der Waals surface area contributed by atoms with E-state index in [9.17, 15) is 0 Å². The number of aromatic nitrogens is 4. The first-order valence-electron chi connectivity index (χ1n) is 6.30. The van der Waals surface area contributed by atoms with Crippen molar-refractivity contribution < 1.29 is 0 Å². The maximum atomic E-state index is 6.19. The minimum atomic E-state index is 0.474. The van der Waals surface area contributed by atoms with Gasteiger partial charge in [0.2, 0.25) is 0 Å². The van der Waals surface area contributed by atoms with Crippen LogP contribution in [-0.2, 0) is 6.54 Å². The van der Waals surface area contributed by atoms with E-state index in [1.165, 1.54) is 0 Å². The van der Waals surface area contributed by atoms with E-state index in [2.05, 4.69) is 36.3 Å². The summed E-state index contributed by atoms with van der Waals surface area (Å²) in [5, 5.41) is 12.4. The monoisotopic (exact) mass is 279 g/mol. The summed E-state index contributed by atoms with van der Waals surface area (Å²) in [4.78, 5) is 0. The molecule has 5 nitrogen and oxygen atoms in total. The second kappa shape index (κ2) is 5.57. The van der Waals surface area contributed by atoms with Crippen LogP contribution >= 0.6 is 11.6 Å². The number of hydrogen-bond donors (Lipinski definition) is 1. The molecule has 0 bridgehead atoms. The van der Waals surface area contributed by atoms with E-state index < -0.39 is 0 Å². The highest BCUT2D eigenvalue weighted by Gasteiger charge is 2.16. The minimum Gasteiger partial charge on any atom is -0.399 e. The Balaban J connectivity index is 2.36. The summed E-state index contributed by atoms with van der Waals surface area (Å²) in [5.74, 6) is 1.69. The molecule has 2 N–H and O–H groups in total. The largest absolute Gasteiger partial charge is 0.399 e. The first kappa shape index (κ1) is 13.8. The molecule has 1 aromatic heterocycles. The van der Waals surface area contributed by atoms with Gasteiger partial charge in [-0.1, -0.05) is 32.4 Å². The van der Waals surface area contributed by atoms with E-state index in [-0.39, 0.29) is 0 Å². The van der Waals surface area contributed by atoms with Crippen LogP contribution in [-0.4, -0.2) is 20.2 Å². The summed E-state index contributed by atoms with van der Waals surface area (Å²) in [6, 6.07) is 5.32. The number of benzene rings is 1. The molecular formula is C13H18ClN5. The lowest BCUT2D eigenvalue weighted by Crippen LogP contribution is -2.15. The van der Waals surface area contributed by atoms with Crippen LogP contribution in [0.15, 0.2) is 18.2 Å². The highest BCUT2D eigenvalue weighted by molar-refractivity contribution is 6.33. The first-order chi connectivity index (χ1) is 8.99. The van der Waals surface area contributed by atoms with Gasteiger partial charge in [0.15, 0.2) is 5.82 Å². The smallest absolute Gasteiger partial charge is 0.183 e. The summed E-state index contributed by atoms with van der Waals surface area (Å²) in [5.41, 5.74) is 7.21. The second-order valence-corrected chi connectivity index (χ2v) is 5.55. The molecule has 0 saturated carbocycles. The Morgan fingerprint density at radius 2 is 2.05 bits per heavy atom. The van der Waals surface area contributed by atoms with Crippen LogP contribution in [0.5, 0.6) is 0 Å². The zero-order valence-electron chi connectivity index (χ0n) is 11.3. The number of rotatable bonds is 4. The Bertz CT molecular complexity index is 564. The number of nitrogens with zero attached hydrogens (tertiary/aromatic N) is 4. The lowest BCUT2D eigenvalue weighted by molar-refractivity contribution is 0.347. The van der Waals surface area contributed by atoms with Crippen LogP contribution in [0.1, 0.15) is 20.8 Å². The molecule has 1 aromatic carbocycles. The quantitative estimate of drug-likeness (QED) is 0.874. The van der Waals surface area contributed by atoms with Crippen LogP contribution in [0, 0.1) is 11.8 Å². The van der Waals surface area contributed by atoms with Crippen molar-refractivity contribution in [2.75, 3.05) is 5.73 Å². The molecule has 0 aliphatic heterocycles. The van der Waals surface area contributed by atoms with E-state index in [0.29, 0.717) is 28.4 Å². The molecule has 0 radical (unpaired) electrons. The van der Waals surface area contributed by atoms with Gasteiger partial charge >= 0.3 is 0 Å². The molecule has 19 heavy (non-hydrogen) atoms. The van der Waals surface area contributed by atoms with Crippen molar-refractivity contribution in [3.05, 3.63) is 23.2 Å². The minimum absolute atomic E-state index is 0.474. The van der Waals surface area contributed by atoms with Gasteiger partial charge in [-0.3, -0.25) is 0 Å². The van der Waals surface area contributed by atoms with Gasteiger partial charge in [0.1, 0.15) is 0 Å². The first-order valence-corrected chi connectivity index (χ1v) is 6.68. The summed E-state index contributed by atoms with van der Waals surface area (Å²) < 4.78 is 1.78. The third-order valence-corrected chi connectivity index (χ3v) is 3.69. The van der Waals surface area contributed by atoms with Gasteiger partial charge in [0, 0.05) is 17.8 Å². The standard InChI is InChI=1S/C13H18ClN5/c1-8(2)9(3)7-19-13(16-17-18-19)11-6-10(15)4-5-12(11)14/h4-6,8-9H,7,15H2,1-3H3.